The number of hydrogen-bond acceptors (Lipinski definition) is 5. The van der Waals surface area contributed by atoms with Gasteiger partial charge in [-0.2, -0.15) is 8.42 Å². The first-order valence-corrected chi connectivity index (χ1v) is 9.69. The van der Waals surface area contributed by atoms with Crippen LogP contribution in [0.1, 0.15) is 24.3 Å². The Kier molecular flexibility index (Phi) is 5.20. The Morgan fingerprint density at radius 2 is 1.69 bits per heavy atom. The second kappa shape index (κ2) is 7.39. The Morgan fingerprint density at radius 3 is 2.38 bits per heavy atom. The van der Waals surface area contributed by atoms with Crippen LogP contribution in [-0.2, 0) is 19.6 Å². The van der Waals surface area contributed by atoms with Crippen LogP contribution in [0.5, 0.6) is 0 Å². The van der Waals surface area contributed by atoms with Crippen molar-refractivity contribution >= 4 is 44.2 Å². The average Bonchev–Trinajstić information content (AvgIpc) is 2.62. The highest BCUT2D eigenvalue weighted by atomic mass is 35.5. The van der Waals surface area contributed by atoms with Crippen LogP contribution in [-0.4, -0.2) is 25.3 Å². The first kappa shape index (κ1) is 18.3. The van der Waals surface area contributed by atoms with Gasteiger partial charge in [0.1, 0.15) is 4.90 Å². The fraction of sp³-hybridized carbons (Fsp3) is 0.167. The van der Waals surface area contributed by atoms with E-state index in [4.69, 9.17) is 11.6 Å². The predicted octanol–water partition coefficient (Wildman–Crippen LogP) is 3.10. The number of nitrogens with one attached hydrogen (secondary N) is 1. The minimum atomic E-state index is -3.93. The van der Waals surface area contributed by atoms with E-state index in [0.717, 1.165) is 0 Å². The number of ketones is 1. The normalized spacial score (nSPS) is 16.0. The highest BCUT2D eigenvalue weighted by Crippen LogP contribution is 2.28. The van der Waals surface area contributed by atoms with Crippen molar-refractivity contribution < 1.29 is 18.0 Å². The van der Waals surface area contributed by atoms with E-state index in [0.29, 0.717) is 11.3 Å². The van der Waals surface area contributed by atoms with Crippen molar-refractivity contribution in [2.24, 2.45) is 4.40 Å². The smallest absolute Gasteiger partial charge is 0.286 e. The van der Waals surface area contributed by atoms with E-state index < -0.39 is 27.0 Å². The Bertz CT molecular complexity index is 987. The summed E-state index contributed by atoms with van der Waals surface area (Å²) in [5.74, 6) is -1.39. The minimum Gasteiger partial charge on any atom is -0.335 e. The number of carbonyl (C=O) groups is 2. The Hall–Kier alpha value is -2.51. The van der Waals surface area contributed by atoms with Crippen molar-refractivity contribution in [2.45, 2.75) is 23.7 Å². The maximum atomic E-state index is 12.4. The first-order chi connectivity index (χ1) is 12.4. The molecule has 1 aliphatic heterocycles. The molecule has 0 radical (unpaired) electrons. The van der Waals surface area contributed by atoms with Crippen LogP contribution in [0.15, 0.2) is 63.9 Å². The summed E-state index contributed by atoms with van der Waals surface area (Å²) in [6, 6.07) is 15.1. The Morgan fingerprint density at radius 1 is 1.04 bits per heavy atom. The summed E-state index contributed by atoms with van der Waals surface area (Å²) in [5, 5.41) is 2.18. The molecule has 1 atom stereocenters. The molecule has 134 valence electrons. The van der Waals surface area contributed by atoms with E-state index in [-0.39, 0.29) is 23.6 Å². The number of fused-ring (bicyclic) bond motifs is 1. The fourth-order valence-corrected chi connectivity index (χ4v) is 4.09. The third-order valence-corrected chi connectivity index (χ3v) is 5.63. The SMILES string of the molecule is O=C(CCC(C(=O)Cl)c1ccccc1)C1=NS(=O)(=O)c2ccccc2N1. The molecule has 26 heavy (non-hydrogen) atoms. The zero-order valence-electron chi connectivity index (χ0n) is 13.6. The summed E-state index contributed by atoms with van der Waals surface area (Å²) in [4.78, 5) is 24.2. The van der Waals surface area contributed by atoms with Crippen LogP contribution in [0.4, 0.5) is 5.69 Å². The van der Waals surface area contributed by atoms with Crippen molar-refractivity contribution in [2.75, 3.05) is 5.32 Å². The number of benzene rings is 2. The number of anilines is 1. The van der Waals surface area contributed by atoms with E-state index in [1.54, 1.807) is 42.5 Å². The van der Waals surface area contributed by atoms with Crippen molar-refractivity contribution in [3.63, 3.8) is 0 Å². The molecule has 6 nitrogen and oxygen atoms in total. The first-order valence-electron chi connectivity index (χ1n) is 7.87. The van der Waals surface area contributed by atoms with Crippen LogP contribution in [0.2, 0.25) is 0 Å². The fourth-order valence-electron chi connectivity index (χ4n) is 2.73. The predicted molar refractivity (Wildman–Crippen MR) is 99.0 cm³/mol. The number of rotatable bonds is 6. The molecule has 0 bridgehead atoms. The second-order valence-corrected chi connectivity index (χ2v) is 7.71. The van der Waals surface area contributed by atoms with Gasteiger partial charge in [-0.05, 0) is 35.7 Å². The molecule has 0 aromatic heterocycles. The number of halogens is 1. The number of sulfonamides is 1. The van der Waals surface area contributed by atoms with Crippen molar-refractivity contribution in [3.05, 3.63) is 60.2 Å². The van der Waals surface area contributed by atoms with Gasteiger partial charge in [0.05, 0.1) is 11.6 Å². The molecule has 0 amide bonds. The Balaban J connectivity index is 1.77. The van der Waals surface area contributed by atoms with Gasteiger partial charge in [-0.1, -0.05) is 42.5 Å². The minimum absolute atomic E-state index is 0.0228. The molecule has 0 fully saturated rings. The number of nitrogens with zero attached hydrogens (tertiary/aromatic N) is 1. The molecule has 8 heteroatoms. The lowest BCUT2D eigenvalue weighted by molar-refractivity contribution is -0.114. The maximum Gasteiger partial charge on any atom is 0.286 e. The van der Waals surface area contributed by atoms with Gasteiger partial charge < -0.3 is 5.32 Å². The molecule has 0 saturated heterocycles. The van der Waals surface area contributed by atoms with Gasteiger partial charge in [0, 0.05) is 6.42 Å². The zero-order valence-corrected chi connectivity index (χ0v) is 15.1. The van der Waals surface area contributed by atoms with Gasteiger partial charge in [-0.15, -0.1) is 4.40 Å². The average molecular weight is 391 g/mol. The summed E-state index contributed by atoms with van der Waals surface area (Å²) in [6.45, 7) is 0. The molecule has 1 heterocycles. The van der Waals surface area contributed by atoms with Gasteiger partial charge in [-0.3, -0.25) is 9.59 Å². The number of hydrogen-bond donors (Lipinski definition) is 1. The molecular weight excluding hydrogens is 376 g/mol. The lowest BCUT2D eigenvalue weighted by atomic mass is 9.94. The standard InChI is InChI=1S/C18H15ClN2O4S/c19-17(23)13(12-6-2-1-3-7-12)10-11-15(22)18-20-14-8-4-5-9-16(14)26(24,25)21-18/h1-9,13H,10-11H2,(H,20,21). The topological polar surface area (TPSA) is 92.7 Å². The largest absolute Gasteiger partial charge is 0.335 e. The summed E-state index contributed by atoms with van der Waals surface area (Å²) in [5.41, 5.74) is 1.01. The molecule has 0 spiro atoms. The van der Waals surface area contributed by atoms with E-state index in [9.17, 15) is 18.0 Å². The summed E-state index contributed by atoms with van der Waals surface area (Å²) < 4.78 is 28.0. The van der Waals surface area contributed by atoms with Crippen LogP contribution in [0.25, 0.3) is 0 Å². The summed E-state index contributed by atoms with van der Waals surface area (Å²) >= 11 is 5.67. The molecule has 0 aliphatic carbocycles. The molecule has 3 rings (SSSR count). The molecule has 1 N–H and O–H groups in total. The zero-order chi connectivity index (χ0) is 18.7. The molecule has 1 aliphatic rings. The van der Waals surface area contributed by atoms with Crippen molar-refractivity contribution in [1.82, 2.24) is 0 Å². The van der Waals surface area contributed by atoms with Gasteiger partial charge in [0.2, 0.25) is 5.24 Å². The van der Waals surface area contributed by atoms with Crippen LogP contribution < -0.4 is 5.32 Å². The number of carbonyl (C=O) groups excluding carboxylic acids is 2. The van der Waals surface area contributed by atoms with Crippen LogP contribution >= 0.6 is 11.6 Å². The van der Waals surface area contributed by atoms with E-state index in [1.807, 2.05) is 6.07 Å². The van der Waals surface area contributed by atoms with Gasteiger partial charge >= 0.3 is 0 Å². The van der Waals surface area contributed by atoms with Gasteiger partial charge in [-0.25, -0.2) is 0 Å². The Labute approximate surface area is 156 Å². The number of para-hydroxylation sites is 1. The molecule has 2 aromatic carbocycles. The highest BCUT2D eigenvalue weighted by Gasteiger charge is 2.28. The van der Waals surface area contributed by atoms with Gasteiger partial charge in [0.15, 0.2) is 11.6 Å². The second-order valence-electron chi connectivity index (χ2n) is 5.77. The van der Waals surface area contributed by atoms with Crippen LogP contribution in [0.3, 0.4) is 0 Å². The molecule has 1 unspecified atom stereocenters. The summed E-state index contributed by atoms with van der Waals surface area (Å²) in [6.07, 6.45) is 0.0924. The van der Waals surface area contributed by atoms with E-state index in [2.05, 4.69) is 9.71 Å². The van der Waals surface area contributed by atoms with Crippen LogP contribution in [0, 0.1) is 0 Å². The summed E-state index contributed by atoms with van der Waals surface area (Å²) in [7, 11) is -3.93. The maximum absolute atomic E-state index is 12.4. The third kappa shape index (κ3) is 3.84. The number of Topliss-reactive ketones (excluding diaryl/α,β-unsaturated/α-hetero) is 1. The van der Waals surface area contributed by atoms with E-state index in [1.165, 1.54) is 6.07 Å². The van der Waals surface area contributed by atoms with E-state index >= 15 is 0 Å². The molecule has 2 aromatic rings. The number of amidine groups is 1. The molecular formula is C18H15ClN2O4S. The monoisotopic (exact) mass is 390 g/mol. The van der Waals surface area contributed by atoms with Crippen molar-refractivity contribution in [1.29, 1.82) is 0 Å². The lowest BCUT2D eigenvalue weighted by Crippen LogP contribution is -2.29. The lowest BCUT2D eigenvalue weighted by Gasteiger charge is -2.18. The third-order valence-electron chi connectivity index (χ3n) is 4.03. The molecule has 0 saturated carbocycles. The van der Waals surface area contributed by atoms with Gasteiger partial charge in [0.25, 0.3) is 10.0 Å². The highest BCUT2D eigenvalue weighted by molar-refractivity contribution is 7.90. The quantitative estimate of drug-likeness (QED) is 0.765. The van der Waals surface area contributed by atoms with Crippen molar-refractivity contribution in [3.8, 4) is 0 Å².